The molecule has 0 fully saturated rings. The van der Waals surface area contributed by atoms with Crippen LogP contribution in [0, 0.1) is 0 Å². The van der Waals surface area contributed by atoms with Crippen molar-refractivity contribution >= 4 is 29.1 Å². The number of aromatic nitrogens is 3. The van der Waals surface area contributed by atoms with E-state index in [2.05, 4.69) is 15.5 Å². The first-order valence-corrected chi connectivity index (χ1v) is 10.1. The summed E-state index contributed by atoms with van der Waals surface area (Å²) in [5, 5.41) is 9.24. The van der Waals surface area contributed by atoms with Crippen molar-refractivity contribution in [3.05, 3.63) is 76.2 Å². The molecule has 7 nitrogen and oxygen atoms in total. The van der Waals surface area contributed by atoms with Crippen LogP contribution < -0.4 is 11.0 Å². The van der Waals surface area contributed by atoms with Gasteiger partial charge in [-0.05, 0) is 38.0 Å². The number of carbonyl (C=O) groups excluding carboxylic acids is 2. The van der Waals surface area contributed by atoms with Crippen LogP contribution in [0.25, 0.3) is 0 Å². The molecule has 3 rings (SSSR count). The Balaban J connectivity index is 1.68. The topological polar surface area (TPSA) is 96.8 Å². The summed E-state index contributed by atoms with van der Waals surface area (Å²) < 4.78 is 1.53. The number of anilines is 1. The Morgan fingerprint density at radius 3 is 2.55 bits per heavy atom. The second kappa shape index (κ2) is 9.38. The molecule has 29 heavy (non-hydrogen) atoms. The van der Waals surface area contributed by atoms with Crippen molar-refractivity contribution in [3.8, 4) is 0 Å². The fourth-order valence-electron chi connectivity index (χ4n) is 2.82. The molecule has 3 aromatic rings. The van der Waals surface area contributed by atoms with Crippen molar-refractivity contribution in [1.82, 2.24) is 14.8 Å². The van der Waals surface area contributed by atoms with Crippen LogP contribution in [0.15, 0.2) is 64.5 Å². The number of thioether (sulfide) groups is 1. The second-order valence-corrected chi connectivity index (χ2v) is 7.86. The molecule has 1 heterocycles. The van der Waals surface area contributed by atoms with E-state index in [0.717, 1.165) is 5.56 Å². The predicted octanol–water partition coefficient (Wildman–Crippen LogP) is 3.14. The van der Waals surface area contributed by atoms with Crippen LogP contribution in [0.2, 0.25) is 0 Å². The normalized spacial score (nSPS) is 11.8. The monoisotopic (exact) mass is 410 g/mol. The predicted molar refractivity (Wildman–Crippen MR) is 113 cm³/mol. The molecule has 0 unspecified atom stereocenters. The van der Waals surface area contributed by atoms with Crippen molar-refractivity contribution in [2.45, 2.75) is 37.2 Å². The average Bonchev–Trinajstić information content (AvgIpc) is 3.06. The number of nitrogens with zero attached hydrogens (tertiary/aromatic N) is 2. The molecule has 0 aliphatic carbocycles. The minimum Gasteiger partial charge on any atom is -0.324 e. The maximum atomic E-state index is 12.6. The quantitative estimate of drug-likeness (QED) is 0.439. The molecule has 0 spiro atoms. The maximum Gasteiger partial charge on any atom is 0.343 e. The van der Waals surface area contributed by atoms with Crippen molar-refractivity contribution < 1.29 is 9.59 Å². The van der Waals surface area contributed by atoms with E-state index in [1.54, 1.807) is 31.2 Å². The average molecular weight is 410 g/mol. The van der Waals surface area contributed by atoms with Gasteiger partial charge in [-0.3, -0.25) is 14.2 Å². The Morgan fingerprint density at radius 1 is 1.14 bits per heavy atom. The van der Waals surface area contributed by atoms with Gasteiger partial charge in [-0.1, -0.05) is 54.2 Å². The lowest BCUT2D eigenvalue weighted by atomic mass is 10.1. The lowest BCUT2D eigenvalue weighted by molar-refractivity contribution is -0.115. The van der Waals surface area contributed by atoms with Gasteiger partial charge < -0.3 is 5.32 Å². The minimum absolute atomic E-state index is 0.122. The Bertz CT molecular complexity index is 1060. The van der Waals surface area contributed by atoms with Gasteiger partial charge in [-0.15, -0.1) is 5.10 Å². The molecule has 0 bridgehead atoms. The van der Waals surface area contributed by atoms with Gasteiger partial charge in [0, 0.05) is 12.1 Å². The molecule has 0 aliphatic rings. The molecule has 0 saturated carbocycles. The molecule has 2 aromatic carbocycles. The van der Waals surface area contributed by atoms with E-state index in [1.807, 2.05) is 30.3 Å². The van der Waals surface area contributed by atoms with Gasteiger partial charge in [-0.2, -0.15) is 0 Å². The summed E-state index contributed by atoms with van der Waals surface area (Å²) in [4.78, 5) is 36.5. The summed E-state index contributed by atoms with van der Waals surface area (Å²) in [7, 11) is 0. The van der Waals surface area contributed by atoms with Crippen molar-refractivity contribution in [1.29, 1.82) is 0 Å². The van der Waals surface area contributed by atoms with E-state index in [-0.39, 0.29) is 17.4 Å². The highest BCUT2D eigenvalue weighted by Gasteiger charge is 2.20. The van der Waals surface area contributed by atoms with Crippen molar-refractivity contribution in [3.63, 3.8) is 0 Å². The number of amides is 1. The fraction of sp³-hybridized carbons (Fsp3) is 0.238. The lowest BCUT2D eigenvalue weighted by Crippen LogP contribution is -2.25. The van der Waals surface area contributed by atoms with Crippen LogP contribution in [0.5, 0.6) is 0 Å². The highest BCUT2D eigenvalue weighted by atomic mass is 32.2. The van der Waals surface area contributed by atoms with Gasteiger partial charge in [-0.25, -0.2) is 9.89 Å². The SMILES string of the molecule is CC(=O)c1ccccc1NC(=O)[C@@H](C)Sc1n[nH]c(=O)n1CCc1ccccc1. The first-order valence-electron chi connectivity index (χ1n) is 9.22. The highest BCUT2D eigenvalue weighted by Crippen LogP contribution is 2.23. The van der Waals surface area contributed by atoms with Crippen LogP contribution in [-0.2, 0) is 17.8 Å². The lowest BCUT2D eigenvalue weighted by Gasteiger charge is -2.14. The van der Waals surface area contributed by atoms with Crippen molar-refractivity contribution in [2.75, 3.05) is 5.32 Å². The molecule has 0 radical (unpaired) electrons. The number of nitrogens with one attached hydrogen (secondary N) is 2. The zero-order chi connectivity index (χ0) is 20.8. The smallest absolute Gasteiger partial charge is 0.324 e. The summed E-state index contributed by atoms with van der Waals surface area (Å²) in [6, 6.07) is 16.7. The van der Waals surface area contributed by atoms with Crippen LogP contribution in [0.4, 0.5) is 5.69 Å². The Labute approximate surface area is 172 Å². The van der Waals surface area contributed by atoms with Gasteiger partial charge in [0.05, 0.1) is 10.9 Å². The summed E-state index contributed by atoms with van der Waals surface area (Å²) in [6.07, 6.45) is 0.681. The molecule has 1 aromatic heterocycles. The standard InChI is InChI=1S/C21H22N4O3S/c1-14(26)17-10-6-7-11-18(17)22-19(27)15(2)29-21-24-23-20(28)25(21)13-12-16-8-4-3-5-9-16/h3-11,15H,12-13H2,1-2H3,(H,22,27)(H,23,28)/t15-/m1/s1. The van der Waals surface area contributed by atoms with Gasteiger partial charge >= 0.3 is 5.69 Å². The zero-order valence-electron chi connectivity index (χ0n) is 16.2. The first-order chi connectivity index (χ1) is 14.0. The van der Waals surface area contributed by atoms with Gasteiger partial charge in [0.2, 0.25) is 5.91 Å². The molecule has 150 valence electrons. The second-order valence-electron chi connectivity index (χ2n) is 6.55. The molecular weight excluding hydrogens is 388 g/mol. The van der Waals surface area contributed by atoms with E-state index in [1.165, 1.54) is 23.3 Å². The number of rotatable bonds is 8. The number of aromatic amines is 1. The zero-order valence-corrected chi connectivity index (χ0v) is 17.0. The number of hydrogen-bond donors (Lipinski definition) is 2. The fourth-order valence-corrected chi connectivity index (χ4v) is 3.70. The summed E-state index contributed by atoms with van der Waals surface area (Å²) >= 11 is 1.19. The van der Waals surface area contributed by atoms with E-state index >= 15 is 0 Å². The number of ketones is 1. The highest BCUT2D eigenvalue weighted by molar-refractivity contribution is 8.00. The minimum atomic E-state index is -0.513. The third-order valence-electron chi connectivity index (χ3n) is 4.41. The third kappa shape index (κ3) is 5.23. The Kier molecular flexibility index (Phi) is 6.66. The van der Waals surface area contributed by atoms with Gasteiger partial charge in [0.25, 0.3) is 0 Å². The largest absolute Gasteiger partial charge is 0.343 e. The van der Waals surface area contributed by atoms with E-state index < -0.39 is 5.25 Å². The number of para-hydroxylation sites is 1. The summed E-state index contributed by atoms with van der Waals surface area (Å²) in [5.74, 6) is -0.392. The molecule has 1 atom stereocenters. The Morgan fingerprint density at radius 2 is 1.83 bits per heavy atom. The molecule has 2 N–H and O–H groups in total. The Hall–Kier alpha value is -3.13. The van der Waals surface area contributed by atoms with Crippen molar-refractivity contribution in [2.24, 2.45) is 0 Å². The molecule has 1 amide bonds. The van der Waals surface area contributed by atoms with Crippen LogP contribution in [-0.4, -0.2) is 31.7 Å². The number of H-pyrrole nitrogens is 1. The van der Waals surface area contributed by atoms with E-state index in [4.69, 9.17) is 0 Å². The van der Waals surface area contributed by atoms with Crippen LogP contribution >= 0.6 is 11.8 Å². The molecule has 0 aliphatic heterocycles. The van der Waals surface area contributed by atoms with Crippen LogP contribution in [0.1, 0.15) is 29.8 Å². The number of benzene rings is 2. The van der Waals surface area contributed by atoms with Crippen LogP contribution in [0.3, 0.4) is 0 Å². The van der Waals surface area contributed by atoms with Gasteiger partial charge in [0.1, 0.15) is 0 Å². The summed E-state index contributed by atoms with van der Waals surface area (Å²) in [5.41, 5.74) is 1.74. The first kappa shape index (κ1) is 20.6. The van der Waals surface area contributed by atoms with E-state index in [0.29, 0.717) is 29.4 Å². The summed E-state index contributed by atoms with van der Waals surface area (Å²) in [6.45, 7) is 3.65. The van der Waals surface area contributed by atoms with E-state index in [9.17, 15) is 14.4 Å². The third-order valence-corrected chi connectivity index (χ3v) is 5.50. The molecule has 0 saturated heterocycles. The molecular formula is C21H22N4O3S. The van der Waals surface area contributed by atoms with Gasteiger partial charge in [0.15, 0.2) is 10.9 Å². The maximum absolute atomic E-state index is 12.6. The number of aryl methyl sites for hydroxylation is 1. The number of Topliss-reactive ketones (excluding diaryl/α,β-unsaturated/α-hetero) is 1. The number of carbonyl (C=O) groups is 2. The number of hydrogen-bond acceptors (Lipinski definition) is 5. The molecule has 8 heteroatoms.